The van der Waals surface area contributed by atoms with Gasteiger partial charge in [0.15, 0.2) is 17.3 Å². The highest BCUT2D eigenvalue weighted by molar-refractivity contribution is 6.07. The average Bonchev–Trinajstić information content (AvgIpc) is 2.58. The van der Waals surface area contributed by atoms with E-state index in [9.17, 15) is 13.6 Å². The Morgan fingerprint density at radius 1 is 0.958 bits per heavy atom. The number of hydrogen-bond acceptors (Lipinski definition) is 4. The van der Waals surface area contributed by atoms with E-state index in [-0.39, 0.29) is 5.56 Å². The molecule has 2 aromatic rings. The molecule has 126 valence electrons. The zero-order chi connectivity index (χ0) is 17.7. The lowest BCUT2D eigenvalue weighted by Crippen LogP contribution is -2.00. The number of allylic oxidation sites excluding steroid dienone is 1. The van der Waals surface area contributed by atoms with Crippen LogP contribution in [-0.2, 0) is 0 Å². The molecule has 0 fully saturated rings. The van der Waals surface area contributed by atoms with Crippen LogP contribution >= 0.6 is 0 Å². The number of hydrogen-bond donors (Lipinski definition) is 0. The molecule has 0 saturated heterocycles. The van der Waals surface area contributed by atoms with E-state index in [2.05, 4.69) is 0 Å². The fourth-order valence-electron chi connectivity index (χ4n) is 2.20. The predicted molar refractivity (Wildman–Crippen MR) is 85.8 cm³/mol. The Morgan fingerprint density at radius 2 is 1.67 bits per heavy atom. The Balaban J connectivity index is 2.36. The molecule has 4 nitrogen and oxygen atoms in total. The Kier molecular flexibility index (Phi) is 5.52. The van der Waals surface area contributed by atoms with Crippen molar-refractivity contribution in [3.05, 3.63) is 59.2 Å². The van der Waals surface area contributed by atoms with Crippen molar-refractivity contribution in [1.82, 2.24) is 0 Å². The Morgan fingerprint density at radius 3 is 2.25 bits per heavy atom. The predicted octanol–water partition coefficient (Wildman–Crippen LogP) is 3.89. The molecule has 0 aliphatic heterocycles. The van der Waals surface area contributed by atoms with Gasteiger partial charge in [-0.2, -0.15) is 0 Å². The highest BCUT2D eigenvalue weighted by atomic mass is 19.1. The first-order valence-corrected chi connectivity index (χ1v) is 6.98. The summed E-state index contributed by atoms with van der Waals surface area (Å²) in [7, 11) is 4.41. The van der Waals surface area contributed by atoms with Crippen LogP contribution in [0.15, 0.2) is 36.4 Å². The highest BCUT2D eigenvalue weighted by Gasteiger charge is 2.15. The second kappa shape index (κ2) is 7.59. The van der Waals surface area contributed by atoms with Crippen LogP contribution in [0.5, 0.6) is 17.2 Å². The van der Waals surface area contributed by atoms with Gasteiger partial charge >= 0.3 is 0 Å². The maximum atomic E-state index is 13.6. The molecule has 0 unspecified atom stereocenters. The van der Waals surface area contributed by atoms with Crippen molar-refractivity contribution in [2.24, 2.45) is 0 Å². The van der Waals surface area contributed by atoms with E-state index in [1.165, 1.54) is 33.5 Å². The normalized spacial score (nSPS) is 10.7. The summed E-state index contributed by atoms with van der Waals surface area (Å²) in [6, 6.07) is 6.12. The molecule has 0 atom stereocenters. The zero-order valence-electron chi connectivity index (χ0n) is 13.4. The van der Waals surface area contributed by atoms with Gasteiger partial charge in [0.1, 0.15) is 11.6 Å². The zero-order valence-corrected chi connectivity index (χ0v) is 13.4. The third-order valence-electron chi connectivity index (χ3n) is 3.35. The summed E-state index contributed by atoms with van der Waals surface area (Å²) in [6.07, 6.45) is 2.64. The molecule has 0 N–H and O–H groups in total. The lowest BCUT2D eigenvalue weighted by Gasteiger charge is -2.13. The first-order valence-electron chi connectivity index (χ1n) is 6.98. The van der Waals surface area contributed by atoms with Crippen LogP contribution in [0, 0.1) is 11.6 Å². The number of benzene rings is 2. The smallest absolute Gasteiger partial charge is 0.203 e. The van der Waals surface area contributed by atoms with Crippen molar-refractivity contribution in [2.75, 3.05) is 21.3 Å². The summed E-state index contributed by atoms with van der Waals surface area (Å²) in [5.74, 6) is -1.02. The number of carbonyl (C=O) groups excluding carboxylic acids is 1. The molecule has 6 heteroatoms. The minimum atomic E-state index is -0.913. The van der Waals surface area contributed by atoms with Crippen LogP contribution in [0.4, 0.5) is 8.78 Å². The van der Waals surface area contributed by atoms with Crippen LogP contribution < -0.4 is 14.2 Å². The fraction of sp³-hybridized carbons (Fsp3) is 0.167. The van der Waals surface area contributed by atoms with Crippen LogP contribution in [0.2, 0.25) is 0 Å². The summed E-state index contributed by atoms with van der Waals surface area (Å²) in [6.45, 7) is 0. The van der Waals surface area contributed by atoms with Gasteiger partial charge in [0.2, 0.25) is 5.75 Å². The molecule has 2 aromatic carbocycles. The number of carbonyl (C=O) groups is 1. The topological polar surface area (TPSA) is 44.8 Å². The van der Waals surface area contributed by atoms with Crippen LogP contribution in [0.25, 0.3) is 6.08 Å². The maximum Gasteiger partial charge on any atom is 0.203 e. The SMILES string of the molecule is COc1ccc(/C=C/C(=O)c2ccc(F)cc2F)c(OC)c1OC. The number of ether oxygens (including phenoxy) is 3. The number of rotatable bonds is 6. The number of halogens is 2. The monoisotopic (exact) mass is 334 g/mol. The summed E-state index contributed by atoms with van der Waals surface area (Å²) in [5.41, 5.74) is 0.332. The van der Waals surface area contributed by atoms with Gasteiger partial charge in [-0.1, -0.05) is 0 Å². The molecule has 0 bridgehead atoms. The molecule has 24 heavy (non-hydrogen) atoms. The number of ketones is 1. The van der Waals surface area contributed by atoms with E-state index in [0.29, 0.717) is 28.9 Å². The Labute approximate surface area is 138 Å². The van der Waals surface area contributed by atoms with E-state index in [1.807, 2.05) is 0 Å². The van der Waals surface area contributed by atoms with Gasteiger partial charge in [0.25, 0.3) is 0 Å². The van der Waals surface area contributed by atoms with Gasteiger partial charge in [-0.3, -0.25) is 4.79 Å². The van der Waals surface area contributed by atoms with Crippen molar-refractivity contribution in [3.8, 4) is 17.2 Å². The second-order valence-electron chi connectivity index (χ2n) is 4.75. The van der Waals surface area contributed by atoms with Gasteiger partial charge in [-0.25, -0.2) is 8.78 Å². The molecule has 0 aliphatic carbocycles. The second-order valence-corrected chi connectivity index (χ2v) is 4.75. The third kappa shape index (κ3) is 3.53. The van der Waals surface area contributed by atoms with Crippen LogP contribution in [0.1, 0.15) is 15.9 Å². The molecule has 0 saturated carbocycles. The first-order chi connectivity index (χ1) is 11.5. The summed E-state index contributed by atoms with van der Waals surface area (Å²) < 4.78 is 42.3. The summed E-state index contributed by atoms with van der Waals surface area (Å²) in [4.78, 5) is 12.1. The van der Waals surface area contributed by atoms with Gasteiger partial charge in [0, 0.05) is 11.6 Å². The molecule has 0 radical (unpaired) electrons. The molecule has 0 spiro atoms. The van der Waals surface area contributed by atoms with E-state index >= 15 is 0 Å². The lowest BCUT2D eigenvalue weighted by molar-refractivity contribution is 0.104. The summed E-state index contributed by atoms with van der Waals surface area (Å²) >= 11 is 0. The molecule has 0 aromatic heterocycles. The molecular weight excluding hydrogens is 318 g/mol. The molecule has 2 rings (SSSR count). The van der Waals surface area contributed by atoms with Gasteiger partial charge in [-0.05, 0) is 36.4 Å². The third-order valence-corrected chi connectivity index (χ3v) is 3.35. The van der Waals surface area contributed by atoms with Crippen LogP contribution in [-0.4, -0.2) is 27.1 Å². The highest BCUT2D eigenvalue weighted by Crippen LogP contribution is 2.40. The largest absolute Gasteiger partial charge is 0.493 e. The molecule has 0 heterocycles. The lowest BCUT2D eigenvalue weighted by atomic mass is 10.1. The summed E-state index contributed by atoms with van der Waals surface area (Å²) in [5, 5.41) is 0. The minimum Gasteiger partial charge on any atom is -0.493 e. The van der Waals surface area contributed by atoms with Gasteiger partial charge in [0.05, 0.1) is 26.9 Å². The van der Waals surface area contributed by atoms with E-state index in [0.717, 1.165) is 12.1 Å². The van der Waals surface area contributed by atoms with Crippen molar-refractivity contribution in [3.63, 3.8) is 0 Å². The molecule has 0 aliphatic rings. The standard InChI is InChI=1S/C18H16F2O4/c1-22-16-9-5-11(17(23-2)18(16)24-3)4-8-15(21)13-7-6-12(19)10-14(13)20/h4-10H,1-3H3/b8-4+. The maximum absolute atomic E-state index is 13.6. The average molecular weight is 334 g/mol. The molecular formula is C18H16F2O4. The van der Waals surface area contributed by atoms with Crippen molar-refractivity contribution >= 4 is 11.9 Å². The molecule has 0 amide bonds. The number of methoxy groups -OCH3 is 3. The van der Waals surface area contributed by atoms with Crippen molar-refractivity contribution in [2.45, 2.75) is 0 Å². The van der Waals surface area contributed by atoms with E-state index < -0.39 is 17.4 Å². The quantitative estimate of drug-likeness (QED) is 0.594. The fourth-order valence-corrected chi connectivity index (χ4v) is 2.20. The minimum absolute atomic E-state index is 0.216. The van der Waals surface area contributed by atoms with E-state index in [4.69, 9.17) is 14.2 Å². The van der Waals surface area contributed by atoms with Crippen molar-refractivity contribution < 1.29 is 27.8 Å². The van der Waals surface area contributed by atoms with Crippen molar-refractivity contribution in [1.29, 1.82) is 0 Å². The Bertz CT molecular complexity index is 785. The van der Waals surface area contributed by atoms with E-state index in [1.54, 1.807) is 12.1 Å². The van der Waals surface area contributed by atoms with Gasteiger partial charge in [-0.15, -0.1) is 0 Å². The Hall–Kier alpha value is -2.89. The first kappa shape index (κ1) is 17.5. The van der Waals surface area contributed by atoms with Gasteiger partial charge < -0.3 is 14.2 Å². The van der Waals surface area contributed by atoms with Crippen LogP contribution in [0.3, 0.4) is 0 Å².